The van der Waals surface area contributed by atoms with E-state index in [1.165, 1.54) is 5.39 Å². The molecule has 7 heteroatoms. The van der Waals surface area contributed by atoms with Crippen LogP contribution < -0.4 is 10.6 Å². The SMILES string of the molecule is CCNC(=NCc1cc2ccccc2[nH]1)N1CCC(CC(=O)NC)CC1.I. The van der Waals surface area contributed by atoms with Gasteiger partial charge in [0.15, 0.2) is 5.96 Å². The Labute approximate surface area is 178 Å². The lowest BCUT2D eigenvalue weighted by molar-refractivity contribution is -0.121. The van der Waals surface area contributed by atoms with Gasteiger partial charge in [0.05, 0.1) is 6.54 Å². The number of aromatic amines is 1. The summed E-state index contributed by atoms with van der Waals surface area (Å²) < 4.78 is 0. The Hall–Kier alpha value is -1.77. The Bertz CT molecular complexity index is 732. The van der Waals surface area contributed by atoms with Gasteiger partial charge in [0.25, 0.3) is 0 Å². The summed E-state index contributed by atoms with van der Waals surface area (Å²) in [6.45, 7) is 5.47. The zero-order valence-electron chi connectivity index (χ0n) is 16.1. The standard InChI is InChI=1S/C20H29N5O.HI/c1-3-22-20(25-10-8-15(9-11-25)12-19(26)21-2)23-14-17-13-16-6-4-5-7-18(16)24-17;/h4-7,13,15,24H,3,8-12,14H2,1-2H3,(H,21,26)(H,22,23);1H. The minimum atomic E-state index is 0. The van der Waals surface area contributed by atoms with Crippen LogP contribution in [0, 0.1) is 5.92 Å². The van der Waals surface area contributed by atoms with Gasteiger partial charge in [-0.05, 0) is 43.2 Å². The van der Waals surface area contributed by atoms with Gasteiger partial charge < -0.3 is 20.5 Å². The summed E-state index contributed by atoms with van der Waals surface area (Å²) in [6, 6.07) is 10.5. The zero-order chi connectivity index (χ0) is 18.4. The predicted octanol–water partition coefficient (Wildman–Crippen LogP) is 3.10. The number of benzene rings is 1. The van der Waals surface area contributed by atoms with Crippen molar-refractivity contribution in [1.29, 1.82) is 0 Å². The van der Waals surface area contributed by atoms with Crippen molar-refractivity contribution in [2.24, 2.45) is 10.9 Å². The Balaban J connectivity index is 0.00000261. The largest absolute Gasteiger partial charge is 0.359 e. The summed E-state index contributed by atoms with van der Waals surface area (Å²) in [5.41, 5.74) is 2.27. The smallest absolute Gasteiger partial charge is 0.220 e. The molecule has 3 rings (SSSR count). The first-order valence-corrected chi connectivity index (χ1v) is 9.50. The fourth-order valence-corrected chi connectivity index (χ4v) is 3.52. The second-order valence-corrected chi connectivity index (χ2v) is 6.86. The highest BCUT2D eigenvalue weighted by atomic mass is 127. The molecular formula is C20H30IN5O. The van der Waals surface area contributed by atoms with Crippen LogP contribution in [0.1, 0.15) is 31.9 Å². The third-order valence-corrected chi connectivity index (χ3v) is 4.99. The second kappa shape index (κ2) is 10.5. The lowest BCUT2D eigenvalue weighted by atomic mass is 9.93. The van der Waals surface area contributed by atoms with Crippen molar-refractivity contribution < 1.29 is 4.79 Å². The van der Waals surface area contributed by atoms with E-state index in [-0.39, 0.29) is 29.9 Å². The van der Waals surface area contributed by atoms with E-state index in [0.717, 1.165) is 49.6 Å². The topological polar surface area (TPSA) is 72.5 Å². The van der Waals surface area contributed by atoms with Gasteiger partial charge >= 0.3 is 0 Å². The summed E-state index contributed by atoms with van der Waals surface area (Å²) in [4.78, 5) is 22.1. The quantitative estimate of drug-likeness (QED) is 0.348. The maximum Gasteiger partial charge on any atom is 0.220 e. The summed E-state index contributed by atoms with van der Waals surface area (Å²) >= 11 is 0. The highest BCUT2D eigenvalue weighted by molar-refractivity contribution is 14.0. The third kappa shape index (κ3) is 5.85. The number of hydrogen-bond donors (Lipinski definition) is 3. The van der Waals surface area contributed by atoms with Gasteiger partial charge in [-0.3, -0.25) is 4.79 Å². The summed E-state index contributed by atoms with van der Waals surface area (Å²) in [6.07, 6.45) is 2.70. The van der Waals surface area contributed by atoms with Crippen LogP contribution in [-0.4, -0.2) is 48.4 Å². The van der Waals surface area contributed by atoms with E-state index in [1.807, 2.05) is 6.07 Å². The molecule has 0 unspecified atom stereocenters. The van der Waals surface area contributed by atoms with Crippen molar-refractivity contribution in [1.82, 2.24) is 20.5 Å². The Morgan fingerprint density at radius 2 is 2.04 bits per heavy atom. The number of nitrogens with one attached hydrogen (secondary N) is 3. The lowest BCUT2D eigenvalue weighted by Gasteiger charge is -2.34. The monoisotopic (exact) mass is 483 g/mol. The molecule has 27 heavy (non-hydrogen) atoms. The molecule has 6 nitrogen and oxygen atoms in total. The molecule has 0 radical (unpaired) electrons. The first-order valence-electron chi connectivity index (χ1n) is 9.50. The van der Waals surface area contributed by atoms with Crippen LogP contribution in [0.3, 0.4) is 0 Å². The molecule has 1 aliphatic rings. The van der Waals surface area contributed by atoms with Crippen LogP contribution in [0.4, 0.5) is 0 Å². The molecule has 0 bridgehead atoms. The van der Waals surface area contributed by atoms with Crippen LogP contribution in [0.25, 0.3) is 10.9 Å². The van der Waals surface area contributed by atoms with E-state index >= 15 is 0 Å². The van der Waals surface area contributed by atoms with Crippen LogP contribution in [0.5, 0.6) is 0 Å². The Morgan fingerprint density at radius 1 is 1.30 bits per heavy atom. The Kier molecular flexibility index (Phi) is 8.40. The molecule has 1 saturated heterocycles. The average Bonchev–Trinajstić information content (AvgIpc) is 3.08. The number of aromatic nitrogens is 1. The van der Waals surface area contributed by atoms with Gasteiger partial charge in [-0.2, -0.15) is 0 Å². The van der Waals surface area contributed by atoms with Gasteiger partial charge in [-0.25, -0.2) is 4.99 Å². The van der Waals surface area contributed by atoms with Crippen LogP contribution in [-0.2, 0) is 11.3 Å². The van der Waals surface area contributed by atoms with E-state index in [0.29, 0.717) is 18.9 Å². The highest BCUT2D eigenvalue weighted by Gasteiger charge is 2.23. The number of guanidine groups is 1. The maximum absolute atomic E-state index is 11.6. The molecule has 148 valence electrons. The molecule has 0 saturated carbocycles. The molecule has 3 N–H and O–H groups in total. The van der Waals surface area contributed by atoms with E-state index in [4.69, 9.17) is 4.99 Å². The fraction of sp³-hybridized carbons (Fsp3) is 0.500. The molecule has 1 aliphatic heterocycles. The van der Waals surface area contributed by atoms with Gasteiger partial charge in [0.1, 0.15) is 0 Å². The molecule has 0 atom stereocenters. The molecule has 1 amide bonds. The number of piperidine rings is 1. The van der Waals surface area contributed by atoms with Crippen molar-refractivity contribution in [3.05, 3.63) is 36.0 Å². The number of para-hydroxylation sites is 1. The molecule has 2 aromatic rings. The highest BCUT2D eigenvalue weighted by Crippen LogP contribution is 2.21. The van der Waals surface area contributed by atoms with Crippen LogP contribution >= 0.6 is 24.0 Å². The van der Waals surface area contributed by atoms with Crippen molar-refractivity contribution >= 4 is 46.7 Å². The van der Waals surface area contributed by atoms with Crippen LogP contribution in [0.15, 0.2) is 35.3 Å². The van der Waals surface area contributed by atoms with E-state index in [2.05, 4.69) is 51.7 Å². The molecule has 1 aromatic carbocycles. The number of fused-ring (bicyclic) bond motifs is 1. The summed E-state index contributed by atoms with van der Waals surface area (Å²) in [7, 11) is 1.71. The molecule has 0 spiro atoms. The van der Waals surface area contributed by atoms with Gasteiger partial charge in [-0.15, -0.1) is 24.0 Å². The third-order valence-electron chi connectivity index (χ3n) is 4.99. The lowest BCUT2D eigenvalue weighted by Crippen LogP contribution is -2.46. The minimum Gasteiger partial charge on any atom is -0.359 e. The minimum absolute atomic E-state index is 0. The first kappa shape index (κ1) is 21.5. The van der Waals surface area contributed by atoms with Crippen molar-refractivity contribution in [2.75, 3.05) is 26.7 Å². The van der Waals surface area contributed by atoms with Crippen molar-refractivity contribution in [3.63, 3.8) is 0 Å². The number of likely N-dealkylation sites (tertiary alicyclic amines) is 1. The van der Waals surface area contributed by atoms with E-state index < -0.39 is 0 Å². The molecule has 2 heterocycles. The molecule has 0 aliphatic carbocycles. The van der Waals surface area contributed by atoms with Gasteiger partial charge in [0.2, 0.25) is 5.91 Å². The number of rotatable bonds is 5. The summed E-state index contributed by atoms with van der Waals surface area (Å²) in [5, 5.41) is 7.35. The molecule has 1 aromatic heterocycles. The van der Waals surface area contributed by atoms with E-state index in [1.54, 1.807) is 7.05 Å². The number of amides is 1. The molecular weight excluding hydrogens is 453 g/mol. The average molecular weight is 483 g/mol. The zero-order valence-corrected chi connectivity index (χ0v) is 18.5. The molecule has 1 fully saturated rings. The Morgan fingerprint density at radius 3 is 2.70 bits per heavy atom. The maximum atomic E-state index is 11.6. The second-order valence-electron chi connectivity index (χ2n) is 6.86. The number of hydrogen-bond acceptors (Lipinski definition) is 2. The number of carbonyl (C=O) groups is 1. The van der Waals surface area contributed by atoms with E-state index in [9.17, 15) is 4.79 Å². The number of carbonyl (C=O) groups excluding carboxylic acids is 1. The fourth-order valence-electron chi connectivity index (χ4n) is 3.52. The number of halogens is 1. The van der Waals surface area contributed by atoms with Gasteiger partial charge in [0, 0.05) is 44.3 Å². The number of aliphatic imine (C=N–C) groups is 1. The normalized spacial score (nSPS) is 15.5. The predicted molar refractivity (Wildman–Crippen MR) is 122 cm³/mol. The van der Waals surface area contributed by atoms with Crippen molar-refractivity contribution in [2.45, 2.75) is 32.7 Å². The van der Waals surface area contributed by atoms with Crippen molar-refractivity contribution in [3.8, 4) is 0 Å². The number of nitrogens with zero attached hydrogens (tertiary/aromatic N) is 2. The first-order chi connectivity index (χ1) is 12.7. The summed E-state index contributed by atoms with van der Waals surface area (Å²) in [5.74, 6) is 1.58. The van der Waals surface area contributed by atoms with Gasteiger partial charge in [-0.1, -0.05) is 18.2 Å². The number of H-pyrrole nitrogens is 1. The van der Waals surface area contributed by atoms with Crippen LogP contribution in [0.2, 0.25) is 0 Å².